The SMILES string of the molecule is CCN(C(=O)CN1CCCN(c2ccc(C(F)(F)F)cn2)CC1)c1ccccc1C. The zero-order valence-corrected chi connectivity index (χ0v) is 17.3. The van der Waals surface area contributed by atoms with E-state index in [-0.39, 0.29) is 5.91 Å². The number of anilines is 2. The van der Waals surface area contributed by atoms with Gasteiger partial charge >= 0.3 is 6.18 Å². The molecule has 30 heavy (non-hydrogen) atoms. The molecule has 5 nitrogen and oxygen atoms in total. The first kappa shape index (κ1) is 22.1. The number of halogens is 3. The van der Waals surface area contributed by atoms with Gasteiger partial charge in [-0.1, -0.05) is 18.2 Å². The van der Waals surface area contributed by atoms with Crippen LogP contribution >= 0.6 is 0 Å². The first-order valence-electron chi connectivity index (χ1n) is 10.2. The van der Waals surface area contributed by atoms with E-state index in [1.165, 1.54) is 6.07 Å². The maximum absolute atomic E-state index is 12.9. The third-order valence-corrected chi connectivity index (χ3v) is 5.37. The number of amides is 1. The van der Waals surface area contributed by atoms with E-state index >= 15 is 0 Å². The lowest BCUT2D eigenvalue weighted by molar-refractivity contribution is -0.137. The van der Waals surface area contributed by atoms with Crippen molar-refractivity contribution in [3.63, 3.8) is 0 Å². The van der Waals surface area contributed by atoms with Crippen molar-refractivity contribution in [2.75, 3.05) is 49.1 Å². The average Bonchev–Trinajstić information content (AvgIpc) is 2.95. The number of carbonyl (C=O) groups is 1. The maximum Gasteiger partial charge on any atom is 0.417 e. The van der Waals surface area contributed by atoms with Crippen LogP contribution in [0.2, 0.25) is 0 Å². The lowest BCUT2D eigenvalue weighted by atomic mass is 10.2. The molecule has 0 unspecified atom stereocenters. The van der Waals surface area contributed by atoms with Gasteiger partial charge in [-0.05, 0) is 44.0 Å². The minimum absolute atomic E-state index is 0.0490. The Hall–Kier alpha value is -2.61. The third kappa shape index (κ3) is 5.30. The van der Waals surface area contributed by atoms with Gasteiger partial charge in [-0.2, -0.15) is 13.2 Å². The fourth-order valence-corrected chi connectivity index (χ4v) is 3.72. The molecule has 0 spiro atoms. The quantitative estimate of drug-likeness (QED) is 0.734. The number of rotatable bonds is 5. The highest BCUT2D eigenvalue weighted by atomic mass is 19.4. The van der Waals surface area contributed by atoms with Crippen molar-refractivity contribution >= 4 is 17.4 Å². The van der Waals surface area contributed by atoms with Crippen molar-refractivity contribution in [2.45, 2.75) is 26.4 Å². The maximum atomic E-state index is 12.9. The second kappa shape index (κ2) is 9.47. The molecular weight excluding hydrogens is 393 g/mol. The molecule has 8 heteroatoms. The summed E-state index contributed by atoms with van der Waals surface area (Å²) < 4.78 is 38.2. The number of para-hydroxylation sites is 1. The molecule has 3 rings (SSSR count). The Bertz CT molecular complexity index is 854. The number of hydrogen-bond acceptors (Lipinski definition) is 4. The lowest BCUT2D eigenvalue weighted by Gasteiger charge is -2.27. The smallest absolute Gasteiger partial charge is 0.355 e. The molecule has 0 bridgehead atoms. The number of aromatic nitrogens is 1. The van der Waals surface area contributed by atoms with Gasteiger partial charge < -0.3 is 9.80 Å². The van der Waals surface area contributed by atoms with Crippen LogP contribution in [-0.4, -0.2) is 55.1 Å². The van der Waals surface area contributed by atoms with E-state index in [1.54, 1.807) is 4.90 Å². The summed E-state index contributed by atoms with van der Waals surface area (Å²) in [7, 11) is 0. The summed E-state index contributed by atoms with van der Waals surface area (Å²) in [5.74, 6) is 0.583. The molecule has 1 aliphatic heterocycles. The highest BCUT2D eigenvalue weighted by molar-refractivity contribution is 5.95. The fraction of sp³-hybridized carbons (Fsp3) is 0.455. The van der Waals surface area contributed by atoms with Crippen LogP contribution in [0, 0.1) is 6.92 Å². The predicted molar refractivity (Wildman–Crippen MR) is 112 cm³/mol. The van der Waals surface area contributed by atoms with Crippen LogP contribution in [0.3, 0.4) is 0 Å². The summed E-state index contributed by atoms with van der Waals surface area (Å²) in [5.41, 5.74) is 1.24. The van der Waals surface area contributed by atoms with E-state index in [9.17, 15) is 18.0 Å². The van der Waals surface area contributed by atoms with Crippen LogP contribution in [0.1, 0.15) is 24.5 Å². The Morgan fingerprint density at radius 1 is 1.10 bits per heavy atom. The van der Waals surface area contributed by atoms with Gasteiger partial charge in [-0.15, -0.1) is 0 Å². The summed E-state index contributed by atoms with van der Waals surface area (Å²) in [6.45, 7) is 7.58. The Morgan fingerprint density at radius 2 is 1.87 bits per heavy atom. The molecule has 0 aliphatic carbocycles. The zero-order valence-electron chi connectivity index (χ0n) is 17.3. The van der Waals surface area contributed by atoms with Gasteiger partial charge in [-0.3, -0.25) is 9.69 Å². The van der Waals surface area contributed by atoms with E-state index < -0.39 is 11.7 Å². The summed E-state index contributed by atoms with van der Waals surface area (Å²) >= 11 is 0. The highest BCUT2D eigenvalue weighted by Crippen LogP contribution is 2.29. The van der Waals surface area contributed by atoms with Crippen molar-refractivity contribution in [3.05, 3.63) is 53.7 Å². The lowest BCUT2D eigenvalue weighted by Crippen LogP contribution is -2.42. The topological polar surface area (TPSA) is 39.7 Å². The molecule has 2 aromatic rings. The van der Waals surface area contributed by atoms with E-state index in [2.05, 4.69) is 9.88 Å². The molecule has 2 heterocycles. The predicted octanol–water partition coefficient (Wildman–Crippen LogP) is 3.97. The molecule has 0 N–H and O–H groups in total. The minimum Gasteiger partial charge on any atom is -0.355 e. The number of pyridine rings is 1. The van der Waals surface area contributed by atoms with Crippen molar-refractivity contribution in [1.29, 1.82) is 0 Å². The molecule has 1 aromatic heterocycles. The van der Waals surface area contributed by atoms with Crippen LogP contribution in [0.5, 0.6) is 0 Å². The zero-order chi connectivity index (χ0) is 21.7. The first-order valence-corrected chi connectivity index (χ1v) is 10.2. The fourth-order valence-electron chi connectivity index (χ4n) is 3.72. The van der Waals surface area contributed by atoms with Crippen molar-refractivity contribution < 1.29 is 18.0 Å². The van der Waals surface area contributed by atoms with Gasteiger partial charge in [0.1, 0.15) is 5.82 Å². The summed E-state index contributed by atoms with van der Waals surface area (Å²) in [5, 5.41) is 0. The second-order valence-corrected chi connectivity index (χ2v) is 7.44. The highest BCUT2D eigenvalue weighted by Gasteiger charge is 2.31. The second-order valence-electron chi connectivity index (χ2n) is 7.44. The monoisotopic (exact) mass is 420 g/mol. The normalized spacial score (nSPS) is 15.7. The van der Waals surface area contributed by atoms with Gasteiger partial charge in [-0.25, -0.2) is 4.98 Å². The Balaban J connectivity index is 1.61. The molecule has 1 aromatic carbocycles. The Kier molecular flexibility index (Phi) is 6.97. The number of carbonyl (C=O) groups excluding carboxylic acids is 1. The molecule has 1 amide bonds. The van der Waals surface area contributed by atoms with E-state index in [1.807, 2.05) is 43.0 Å². The van der Waals surface area contributed by atoms with Gasteiger partial charge in [0.05, 0.1) is 12.1 Å². The van der Waals surface area contributed by atoms with E-state index in [0.29, 0.717) is 38.5 Å². The van der Waals surface area contributed by atoms with Gasteiger partial charge in [0, 0.05) is 44.6 Å². The number of hydrogen-bond donors (Lipinski definition) is 0. The summed E-state index contributed by atoms with van der Waals surface area (Å²) in [4.78, 5) is 22.8. The summed E-state index contributed by atoms with van der Waals surface area (Å²) in [6.07, 6.45) is -2.70. The number of alkyl halides is 3. The van der Waals surface area contributed by atoms with Crippen molar-refractivity contribution in [2.24, 2.45) is 0 Å². The van der Waals surface area contributed by atoms with Gasteiger partial charge in [0.25, 0.3) is 0 Å². The Morgan fingerprint density at radius 3 is 2.50 bits per heavy atom. The van der Waals surface area contributed by atoms with Crippen LogP contribution in [0.25, 0.3) is 0 Å². The van der Waals surface area contributed by atoms with Gasteiger partial charge in [0.15, 0.2) is 0 Å². The molecule has 0 radical (unpaired) electrons. The van der Waals surface area contributed by atoms with E-state index in [4.69, 9.17) is 0 Å². The molecule has 1 aliphatic rings. The largest absolute Gasteiger partial charge is 0.417 e. The molecular formula is C22H27F3N4O. The molecule has 0 atom stereocenters. The molecule has 162 valence electrons. The molecule has 1 fully saturated rings. The van der Waals surface area contributed by atoms with Crippen molar-refractivity contribution in [3.8, 4) is 0 Å². The average molecular weight is 420 g/mol. The first-order chi connectivity index (χ1) is 14.3. The summed E-state index contributed by atoms with van der Waals surface area (Å²) in [6, 6.07) is 10.3. The minimum atomic E-state index is -4.39. The van der Waals surface area contributed by atoms with Gasteiger partial charge in [0.2, 0.25) is 5.91 Å². The van der Waals surface area contributed by atoms with E-state index in [0.717, 1.165) is 36.5 Å². The molecule has 0 saturated carbocycles. The van der Waals surface area contributed by atoms with Crippen LogP contribution in [0.15, 0.2) is 42.6 Å². The number of benzene rings is 1. The van der Waals surface area contributed by atoms with Crippen LogP contribution in [-0.2, 0) is 11.0 Å². The molecule has 1 saturated heterocycles. The number of aryl methyl sites for hydroxylation is 1. The van der Waals surface area contributed by atoms with Crippen LogP contribution < -0.4 is 9.80 Å². The van der Waals surface area contributed by atoms with Crippen molar-refractivity contribution in [1.82, 2.24) is 9.88 Å². The van der Waals surface area contributed by atoms with Crippen LogP contribution in [0.4, 0.5) is 24.7 Å². The Labute approximate surface area is 175 Å². The number of likely N-dealkylation sites (N-methyl/N-ethyl adjacent to an activating group) is 1. The standard InChI is InChI=1S/C22H27F3N4O/c1-3-29(19-8-5-4-7-17(19)2)21(30)16-27-11-6-12-28(14-13-27)20-10-9-18(15-26-20)22(23,24)25/h4-5,7-10,15H,3,6,11-14,16H2,1-2H3. The third-order valence-electron chi connectivity index (χ3n) is 5.37. The number of nitrogens with zero attached hydrogens (tertiary/aromatic N) is 4.